The minimum Gasteiger partial charge on any atom is -0.337 e. The summed E-state index contributed by atoms with van der Waals surface area (Å²) in [5, 5.41) is 9.33. The number of carbonyl (C=O) groups excluding carboxylic acids is 1. The molecule has 0 aliphatic carbocycles. The molecule has 1 aromatic heterocycles. The Morgan fingerprint density at radius 3 is 2.68 bits per heavy atom. The average molecular weight is 393 g/mol. The molecule has 1 amide bonds. The number of aryl methyl sites for hydroxylation is 3. The number of carbonyl (C=O) groups is 1. The highest BCUT2D eigenvalue weighted by molar-refractivity contribution is 7.99. The zero-order valence-corrected chi connectivity index (χ0v) is 17.3. The van der Waals surface area contributed by atoms with E-state index in [9.17, 15) is 4.79 Å². The van der Waals surface area contributed by atoms with Crippen LogP contribution in [0.15, 0.2) is 47.6 Å². The van der Waals surface area contributed by atoms with Gasteiger partial charge in [-0.1, -0.05) is 48.2 Å². The third kappa shape index (κ3) is 3.69. The van der Waals surface area contributed by atoms with Crippen molar-refractivity contribution in [3.05, 3.63) is 70.5 Å². The quantitative estimate of drug-likeness (QED) is 0.633. The highest BCUT2D eigenvalue weighted by Gasteiger charge is 2.22. The van der Waals surface area contributed by atoms with Crippen LogP contribution in [0.2, 0.25) is 0 Å². The largest absolute Gasteiger partial charge is 0.337 e. The van der Waals surface area contributed by atoms with E-state index in [1.54, 1.807) is 0 Å². The predicted molar refractivity (Wildman–Crippen MR) is 112 cm³/mol. The lowest BCUT2D eigenvalue weighted by Gasteiger charge is -2.28. The van der Waals surface area contributed by atoms with Gasteiger partial charge >= 0.3 is 0 Å². The molecule has 0 saturated heterocycles. The van der Waals surface area contributed by atoms with E-state index in [4.69, 9.17) is 0 Å². The van der Waals surface area contributed by atoms with Crippen molar-refractivity contribution in [1.82, 2.24) is 19.7 Å². The Hall–Kier alpha value is -2.60. The maximum absolute atomic E-state index is 12.8. The number of rotatable bonds is 4. The van der Waals surface area contributed by atoms with Gasteiger partial charge in [0.2, 0.25) is 5.91 Å². The molecule has 0 fully saturated rings. The van der Waals surface area contributed by atoms with Gasteiger partial charge in [-0.15, -0.1) is 10.2 Å². The van der Waals surface area contributed by atoms with E-state index in [1.807, 2.05) is 22.5 Å². The molecule has 144 valence electrons. The van der Waals surface area contributed by atoms with Gasteiger partial charge in [-0.05, 0) is 55.5 Å². The summed E-state index contributed by atoms with van der Waals surface area (Å²) in [6.07, 6.45) is 0.921. The Morgan fingerprint density at radius 2 is 1.86 bits per heavy atom. The second kappa shape index (κ2) is 7.80. The normalized spacial score (nSPS) is 13.5. The highest BCUT2D eigenvalue weighted by Crippen LogP contribution is 2.26. The molecular formula is C22H24N4OS. The van der Waals surface area contributed by atoms with Crippen molar-refractivity contribution in [1.29, 1.82) is 0 Å². The summed E-state index contributed by atoms with van der Waals surface area (Å²) in [6.45, 7) is 7.58. The second-order valence-corrected chi connectivity index (χ2v) is 8.22. The van der Waals surface area contributed by atoms with Crippen LogP contribution in [-0.2, 0) is 17.8 Å². The fourth-order valence-electron chi connectivity index (χ4n) is 3.60. The van der Waals surface area contributed by atoms with Crippen LogP contribution in [0.3, 0.4) is 0 Å². The third-order valence-electron chi connectivity index (χ3n) is 5.21. The molecule has 6 heteroatoms. The van der Waals surface area contributed by atoms with Crippen LogP contribution in [0.5, 0.6) is 0 Å². The number of nitrogens with zero attached hydrogens (tertiary/aromatic N) is 4. The number of hydrogen-bond acceptors (Lipinski definition) is 4. The van der Waals surface area contributed by atoms with Crippen molar-refractivity contribution in [2.45, 2.75) is 38.9 Å². The number of benzene rings is 2. The van der Waals surface area contributed by atoms with E-state index in [0.29, 0.717) is 12.3 Å². The van der Waals surface area contributed by atoms with Crippen LogP contribution in [0.25, 0.3) is 5.69 Å². The van der Waals surface area contributed by atoms with Crippen LogP contribution in [0.4, 0.5) is 0 Å². The molecule has 4 rings (SSSR count). The van der Waals surface area contributed by atoms with Gasteiger partial charge in [0.25, 0.3) is 0 Å². The molecule has 0 bridgehead atoms. The van der Waals surface area contributed by atoms with Crippen LogP contribution in [0.1, 0.15) is 28.1 Å². The fraction of sp³-hybridized carbons (Fsp3) is 0.318. The van der Waals surface area contributed by atoms with Gasteiger partial charge in [-0.2, -0.15) is 0 Å². The van der Waals surface area contributed by atoms with Crippen LogP contribution in [0, 0.1) is 20.8 Å². The van der Waals surface area contributed by atoms with Gasteiger partial charge in [0.15, 0.2) is 5.16 Å². The topological polar surface area (TPSA) is 51.0 Å². The lowest BCUT2D eigenvalue weighted by atomic mass is 10.00. The smallest absolute Gasteiger partial charge is 0.233 e. The van der Waals surface area contributed by atoms with E-state index in [-0.39, 0.29) is 5.91 Å². The van der Waals surface area contributed by atoms with Gasteiger partial charge in [0.05, 0.1) is 11.4 Å². The van der Waals surface area contributed by atoms with Crippen molar-refractivity contribution in [3.8, 4) is 5.69 Å². The zero-order chi connectivity index (χ0) is 19.7. The Labute approximate surface area is 169 Å². The van der Waals surface area contributed by atoms with Crippen LogP contribution in [-0.4, -0.2) is 37.9 Å². The Kier molecular flexibility index (Phi) is 5.22. The van der Waals surface area contributed by atoms with Crippen molar-refractivity contribution in [2.24, 2.45) is 0 Å². The first kappa shape index (κ1) is 18.7. The van der Waals surface area contributed by atoms with E-state index >= 15 is 0 Å². The van der Waals surface area contributed by atoms with Gasteiger partial charge in [0, 0.05) is 13.1 Å². The summed E-state index contributed by atoms with van der Waals surface area (Å²) in [5.41, 5.74) is 6.03. The molecule has 1 aliphatic rings. The number of aromatic nitrogens is 3. The molecule has 0 radical (unpaired) electrons. The summed E-state index contributed by atoms with van der Waals surface area (Å²) in [5.74, 6) is 1.34. The first-order valence-corrected chi connectivity index (χ1v) is 10.5. The molecular weight excluding hydrogens is 368 g/mol. The van der Waals surface area contributed by atoms with Gasteiger partial charge < -0.3 is 4.90 Å². The molecule has 3 aromatic rings. The molecule has 0 spiro atoms. The van der Waals surface area contributed by atoms with Gasteiger partial charge in [-0.3, -0.25) is 9.36 Å². The van der Waals surface area contributed by atoms with E-state index in [2.05, 4.69) is 60.4 Å². The number of fused-ring (bicyclic) bond motifs is 1. The molecule has 2 heterocycles. The molecule has 0 saturated carbocycles. The first-order valence-electron chi connectivity index (χ1n) is 9.50. The van der Waals surface area contributed by atoms with Crippen LogP contribution < -0.4 is 0 Å². The first-order chi connectivity index (χ1) is 13.5. The highest BCUT2D eigenvalue weighted by atomic mass is 32.2. The summed E-state index contributed by atoms with van der Waals surface area (Å²) in [7, 11) is 0. The maximum Gasteiger partial charge on any atom is 0.233 e. The summed E-state index contributed by atoms with van der Waals surface area (Å²) < 4.78 is 2.05. The fourth-order valence-corrected chi connectivity index (χ4v) is 4.49. The number of amides is 1. The number of thioether (sulfide) groups is 1. The summed E-state index contributed by atoms with van der Waals surface area (Å²) in [6, 6.07) is 14.7. The summed E-state index contributed by atoms with van der Waals surface area (Å²) in [4.78, 5) is 14.7. The Morgan fingerprint density at radius 1 is 1.07 bits per heavy atom. The monoisotopic (exact) mass is 392 g/mol. The van der Waals surface area contributed by atoms with Gasteiger partial charge in [0.1, 0.15) is 5.82 Å². The lowest BCUT2D eigenvalue weighted by molar-refractivity contribution is -0.129. The molecule has 0 atom stereocenters. The number of hydrogen-bond donors (Lipinski definition) is 0. The van der Waals surface area contributed by atoms with E-state index < -0.39 is 0 Å². The third-order valence-corrected chi connectivity index (χ3v) is 6.12. The van der Waals surface area contributed by atoms with Crippen molar-refractivity contribution in [2.75, 3.05) is 12.3 Å². The minimum atomic E-state index is 0.146. The van der Waals surface area contributed by atoms with E-state index in [1.165, 1.54) is 28.5 Å². The summed E-state index contributed by atoms with van der Waals surface area (Å²) >= 11 is 1.46. The Bertz CT molecular complexity index is 1030. The van der Waals surface area contributed by atoms with Crippen molar-refractivity contribution < 1.29 is 4.79 Å². The molecule has 2 aromatic carbocycles. The molecule has 1 aliphatic heterocycles. The van der Waals surface area contributed by atoms with Crippen molar-refractivity contribution in [3.63, 3.8) is 0 Å². The maximum atomic E-state index is 12.8. The SMILES string of the molecule is Cc1ccc(C)c(-n2c(C)nnc2SCC(=O)N2CCc3ccccc3C2)c1. The lowest BCUT2D eigenvalue weighted by Crippen LogP contribution is -2.37. The van der Waals surface area contributed by atoms with Gasteiger partial charge in [-0.25, -0.2) is 0 Å². The Balaban J connectivity index is 1.49. The molecule has 0 unspecified atom stereocenters. The van der Waals surface area contributed by atoms with Crippen LogP contribution >= 0.6 is 11.8 Å². The average Bonchev–Trinajstić information content (AvgIpc) is 3.07. The molecule has 28 heavy (non-hydrogen) atoms. The second-order valence-electron chi connectivity index (χ2n) is 7.28. The molecule has 0 N–H and O–H groups in total. The molecule has 5 nitrogen and oxygen atoms in total. The predicted octanol–water partition coefficient (Wildman–Crippen LogP) is 3.87. The zero-order valence-electron chi connectivity index (χ0n) is 16.5. The van der Waals surface area contributed by atoms with Crippen molar-refractivity contribution >= 4 is 17.7 Å². The minimum absolute atomic E-state index is 0.146. The van der Waals surface area contributed by atoms with E-state index in [0.717, 1.165) is 35.2 Å². The standard InChI is InChI=1S/C22H24N4OS/c1-15-8-9-16(2)20(12-15)26-17(3)23-24-22(26)28-14-21(27)25-11-10-18-6-4-5-7-19(18)13-25/h4-9,12H,10-11,13-14H2,1-3H3.